The fourth-order valence-electron chi connectivity index (χ4n) is 5.75. The lowest BCUT2D eigenvalue weighted by molar-refractivity contribution is 0.0663. The number of aromatic nitrogens is 3. The van der Waals surface area contributed by atoms with Gasteiger partial charge in [0, 0.05) is 67.8 Å². The lowest BCUT2D eigenvalue weighted by atomic mass is 10.0. The molecule has 3 fully saturated rings. The van der Waals surface area contributed by atoms with Crippen LogP contribution in [0.1, 0.15) is 37.0 Å². The Morgan fingerprint density at radius 1 is 0.702 bits per heavy atom. The van der Waals surface area contributed by atoms with Gasteiger partial charge in [-0.3, -0.25) is 4.79 Å². The van der Waals surface area contributed by atoms with Crippen molar-refractivity contribution in [2.45, 2.75) is 32.7 Å². The summed E-state index contributed by atoms with van der Waals surface area (Å²) in [6.45, 7) is 10.9. The van der Waals surface area contributed by atoms with Crippen LogP contribution in [0.25, 0.3) is 11.4 Å². The summed E-state index contributed by atoms with van der Waals surface area (Å²) in [4.78, 5) is 48.5. The number of morpholine rings is 2. The van der Waals surface area contributed by atoms with Crippen LogP contribution in [-0.4, -0.2) is 123 Å². The van der Waals surface area contributed by atoms with E-state index in [9.17, 15) is 9.59 Å². The molecule has 13 nitrogen and oxygen atoms in total. The predicted octanol–water partition coefficient (Wildman–Crippen LogP) is 4.05. The predicted molar refractivity (Wildman–Crippen MR) is 184 cm³/mol. The number of anilines is 4. The van der Waals surface area contributed by atoms with Gasteiger partial charge in [0.1, 0.15) is 0 Å². The summed E-state index contributed by atoms with van der Waals surface area (Å²) < 4.78 is 11.0. The molecule has 1 aromatic heterocycles. The Hall–Kier alpha value is -4.33. The highest BCUT2D eigenvalue weighted by Crippen LogP contribution is 2.24. The van der Waals surface area contributed by atoms with Gasteiger partial charge in [0.15, 0.2) is 5.82 Å². The van der Waals surface area contributed by atoms with E-state index in [1.165, 1.54) is 0 Å². The molecule has 0 atom stereocenters. The highest BCUT2D eigenvalue weighted by Gasteiger charge is 2.25. The molecular weight excluding hydrogens is 598 g/mol. The van der Waals surface area contributed by atoms with E-state index < -0.39 is 0 Å². The van der Waals surface area contributed by atoms with Crippen molar-refractivity contribution in [3.63, 3.8) is 0 Å². The second kappa shape index (κ2) is 16.5. The van der Waals surface area contributed by atoms with E-state index in [0.717, 1.165) is 57.7 Å². The van der Waals surface area contributed by atoms with E-state index >= 15 is 0 Å². The van der Waals surface area contributed by atoms with Crippen molar-refractivity contribution in [2.24, 2.45) is 0 Å². The zero-order valence-corrected chi connectivity index (χ0v) is 27.9. The zero-order chi connectivity index (χ0) is 33.2. The molecule has 3 saturated heterocycles. The molecule has 4 heterocycles. The summed E-state index contributed by atoms with van der Waals surface area (Å²) in [5.74, 6) is 1.86. The van der Waals surface area contributed by atoms with Crippen LogP contribution in [0.4, 0.5) is 28.1 Å². The molecule has 2 N–H and O–H groups in total. The summed E-state index contributed by atoms with van der Waals surface area (Å²) in [5, 5.41) is 5.71. The van der Waals surface area contributed by atoms with E-state index in [2.05, 4.69) is 39.4 Å². The third kappa shape index (κ3) is 8.93. The Bertz CT molecular complexity index is 1410. The van der Waals surface area contributed by atoms with Gasteiger partial charge in [-0.15, -0.1) is 0 Å². The molecule has 2 aromatic carbocycles. The summed E-state index contributed by atoms with van der Waals surface area (Å²) in [5.41, 5.74) is 2.66. The van der Waals surface area contributed by atoms with Gasteiger partial charge in [-0.1, -0.05) is 13.8 Å². The highest BCUT2D eigenvalue weighted by molar-refractivity contribution is 6.00. The number of hydrogen-bond donors (Lipinski definition) is 2. The number of urea groups is 1. The normalized spacial score (nSPS) is 17.2. The van der Waals surface area contributed by atoms with Crippen molar-refractivity contribution in [1.29, 1.82) is 0 Å². The lowest BCUT2D eigenvalue weighted by Crippen LogP contribution is -2.44. The van der Waals surface area contributed by atoms with Crippen molar-refractivity contribution < 1.29 is 19.1 Å². The number of nitrogens with zero attached hydrogens (tertiary/aromatic N) is 7. The Morgan fingerprint density at radius 3 is 1.64 bits per heavy atom. The zero-order valence-electron chi connectivity index (χ0n) is 27.9. The fourth-order valence-corrected chi connectivity index (χ4v) is 5.75. The van der Waals surface area contributed by atoms with Crippen LogP contribution in [0.5, 0.6) is 0 Å². The molecule has 0 unspecified atom stereocenters. The first-order valence-corrected chi connectivity index (χ1v) is 16.6. The number of carbonyl (C=O) groups is 2. The molecule has 0 spiro atoms. The van der Waals surface area contributed by atoms with Gasteiger partial charge in [0.25, 0.3) is 5.91 Å². The molecule has 0 radical (unpaired) electrons. The molecule has 13 heteroatoms. The molecule has 3 aromatic rings. The van der Waals surface area contributed by atoms with Gasteiger partial charge in [0.05, 0.1) is 26.4 Å². The Morgan fingerprint density at radius 2 is 1.17 bits per heavy atom. The Balaban J connectivity index is 0.00000213. The highest BCUT2D eigenvalue weighted by atomic mass is 16.5. The summed E-state index contributed by atoms with van der Waals surface area (Å²) in [6, 6.07) is 14.6. The molecule has 252 valence electrons. The average Bonchev–Trinajstić information content (AvgIpc) is 3.13. The molecule has 3 aliphatic heterocycles. The minimum Gasteiger partial charge on any atom is -0.378 e. The second-order valence-corrected chi connectivity index (χ2v) is 11.7. The monoisotopic (exact) mass is 645 g/mol. The molecule has 0 bridgehead atoms. The number of piperidine rings is 1. The maximum Gasteiger partial charge on any atom is 0.323 e. The minimum absolute atomic E-state index is 0.0237. The molecule has 3 aliphatic rings. The first kappa shape index (κ1) is 34.0. The second-order valence-electron chi connectivity index (χ2n) is 11.7. The quantitative estimate of drug-likeness (QED) is 0.389. The van der Waals surface area contributed by atoms with Crippen molar-refractivity contribution in [1.82, 2.24) is 24.8 Å². The summed E-state index contributed by atoms with van der Waals surface area (Å²) >= 11 is 0. The third-order valence-electron chi connectivity index (χ3n) is 8.47. The number of carbonyl (C=O) groups excluding carboxylic acids is 2. The number of likely N-dealkylation sites (tertiary alicyclic amines) is 1. The van der Waals surface area contributed by atoms with Crippen LogP contribution in [0, 0.1) is 0 Å². The summed E-state index contributed by atoms with van der Waals surface area (Å²) in [6.07, 6.45) is 1.94. The largest absolute Gasteiger partial charge is 0.378 e. The minimum atomic E-state index is -0.378. The summed E-state index contributed by atoms with van der Waals surface area (Å²) in [7, 11) is 4.17. The number of benzene rings is 2. The number of rotatable bonds is 7. The number of hydrogen-bond acceptors (Lipinski definition) is 10. The number of amides is 3. The SMILES string of the molecule is CC.CN(C)C1CCN(C(=O)c2ccc(NC(=O)Nc3ccc(-c4nc(N5CCOCC5)nc(N5CCOCC5)n4)cc3)cc2)CC1. The number of ether oxygens (including phenoxy) is 2. The maximum atomic E-state index is 13.0. The molecule has 3 amide bonds. The Kier molecular flexibility index (Phi) is 11.9. The third-order valence-corrected chi connectivity index (χ3v) is 8.47. The maximum absolute atomic E-state index is 13.0. The first-order valence-electron chi connectivity index (χ1n) is 16.6. The van der Waals surface area contributed by atoms with Crippen LogP contribution in [0.2, 0.25) is 0 Å². The van der Waals surface area contributed by atoms with Crippen LogP contribution < -0.4 is 20.4 Å². The van der Waals surface area contributed by atoms with Crippen LogP contribution >= 0.6 is 0 Å². The van der Waals surface area contributed by atoms with E-state index in [1.54, 1.807) is 24.3 Å². The van der Waals surface area contributed by atoms with E-state index in [1.807, 2.05) is 43.0 Å². The van der Waals surface area contributed by atoms with Gasteiger partial charge in [-0.2, -0.15) is 15.0 Å². The van der Waals surface area contributed by atoms with E-state index in [0.29, 0.717) is 67.1 Å². The van der Waals surface area contributed by atoms with Crippen LogP contribution in [-0.2, 0) is 9.47 Å². The smallest absolute Gasteiger partial charge is 0.323 e. The topological polar surface area (TPSA) is 128 Å². The Labute approximate surface area is 277 Å². The van der Waals surface area contributed by atoms with Gasteiger partial charge in [-0.05, 0) is 75.5 Å². The number of nitrogens with one attached hydrogen (secondary N) is 2. The van der Waals surface area contributed by atoms with Crippen molar-refractivity contribution in [3.8, 4) is 11.4 Å². The van der Waals surface area contributed by atoms with Crippen molar-refractivity contribution in [2.75, 3.05) is 100 Å². The average molecular weight is 646 g/mol. The molecule has 47 heavy (non-hydrogen) atoms. The standard InChI is InChI=1S/C32H41N9O4.C2H6/c1-38(2)27-11-13-39(14-12-27)29(42)24-5-9-26(10-6-24)34-32(43)33-25-7-3-23(4-8-25)28-35-30(40-15-19-44-20-16-40)37-31(36-28)41-17-21-45-22-18-41;1-2/h3-10,27H,11-22H2,1-2H3,(H2,33,34,43);1-2H3. The van der Waals surface area contributed by atoms with Crippen LogP contribution in [0.3, 0.4) is 0 Å². The van der Waals surface area contributed by atoms with Gasteiger partial charge >= 0.3 is 6.03 Å². The van der Waals surface area contributed by atoms with Gasteiger partial charge in [-0.25, -0.2) is 4.79 Å². The molecule has 0 saturated carbocycles. The molecule has 6 rings (SSSR count). The molecule has 0 aliphatic carbocycles. The fraction of sp³-hybridized carbons (Fsp3) is 0.500. The van der Waals surface area contributed by atoms with Crippen molar-refractivity contribution >= 4 is 35.2 Å². The van der Waals surface area contributed by atoms with Gasteiger partial charge < -0.3 is 39.7 Å². The van der Waals surface area contributed by atoms with E-state index in [-0.39, 0.29) is 11.9 Å². The van der Waals surface area contributed by atoms with Crippen LogP contribution in [0.15, 0.2) is 48.5 Å². The van der Waals surface area contributed by atoms with Gasteiger partial charge in [0.2, 0.25) is 11.9 Å². The molecular formula is C34H47N9O4. The first-order chi connectivity index (χ1) is 22.9. The van der Waals surface area contributed by atoms with Crippen molar-refractivity contribution in [3.05, 3.63) is 54.1 Å². The van der Waals surface area contributed by atoms with E-state index in [4.69, 9.17) is 24.4 Å². The lowest BCUT2D eigenvalue weighted by Gasteiger charge is -2.35.